The smallest absolute Gasteiger partial charge is 0.258 e. The predicted octanol–water partition coefficient (Wildman–Crippen LogP) is 4.79. The molecule has 0 aromatic heterocycles. The second kappa shape index (κ2) is 11.1. The van der Waals surface area contributed by atoms with Gasteiger partial charge in [0, 0.05) is 13.2 Å². The first-order chi connectivity index (χ1) is 16.5. The maximum Gasteiger partial charge on any atom is 0.258 e. The van der Waals surface area contributed by atoms with Crippen LogP contribution in [0.2, 0.25) is 5.02 Å². The predicted molar refractivity (Wildman–Crippen MR) is 131 cm³/mol. The van der Waals surface area contributed by atoms with E-state index in [2.05, 4.69) is 5.32 Å². The van der Waals surface area contributed by atoms with Gasteiger partial charge < -0.3 is 24.4 Å². The van der Waals surface area contributed by atoms with Crippen LogP contribution in [0.4, 0.5) is 5.69 Å². The molecule has 2 aromatic carbocycles. The minimum atomic E-state index is -0.587. The van der Waals surface area contributed by atoms with E-state index in [9.17, 15) is 9.59 Å². The molecule has 3 atom stereocenters. The lowest BCUT2D eigenvalue weighted by molar-refractivity contribution is -0.120. The maximum atomic E-state index is 13.8. The average molecular weight is 487 g/mol. The fraction of sp³-hybridized carbons (Fsp3) is 0.462. The molecule has 1 aliphatic carbocycles. The number of nitrogens with zero attached hydrogens (tertiary/aromatic N) is 1. The molecule has 2 amide bonds. The van der Waals surface area contributed by atoms with Crippen molar-refractivity contribution in [3.8, 4) is 11.5 Å². The van der Waals surface area contributed by atoms with Gasteiger partial charge in [-0.15, -0.1) is 0 Å². The summed E-state index contributed by atoms with van der Waals surface area (Å²) in [6.07, 6.45) is 4.73. The van der Waals surface area contributed by atoms with Crippen molar-refractivity contribution in [1.82, 2.24) is 4.90 Å². The Labute approximate surface area is 205 Å². The topological polar surface area (TPSA) is 77.1 Å². The number of hydrogen-bond donors (Lipinski definition) is 1. The third-order valence-corrected chi connectivity index (χ3v) is 7.02. The number of rotatable bonds is 8. The standard InChI is InChI=1S/C26H31ClN2O5/c1-32-14-15-34-24-19(27)10-7-11-20(24)28-25(30)22-16-17-8-3-5-12-21(17)29(22)26(31)18-9-4-6-13-23(18)33-2/h4,6-7,9-11,13,17,21-22H,3,5,8,12,14-16H2,1-2H3,(H,28,30). The molecule has 2 aliphatic rings. The quantitative estimate of drug-likeness (QED) is 0.543. The first kappa shape index (κ1) is 24.4. The van der Waals surface area contributed by atoms with E-state index in [1.165, 1.54) is 0 Å². The minimum Gasteiger partial charge on any atom is -0.496 e. The van der Waals surface area contributed by atoms with Crippen LogP contribution >= 0.6 is 11.6 Å². The summed E-state index contributed by atoms with van der Waals surface area (Å²) in [7, 11) is 3.14. The fourth-order valence-electron chi connectivity index (χ4n) is 5.14. The Morgan fingerprint density at radius 2 is 1.85 bits per heavy atom. The number of carbonyl (C=O) groups excluding carboxylic acids is 2. The number of likely N-dealkylation sites (tertiary alicyclic amines) is 1. The number of halogens is 1. The molecule has 4 rings (SSSR count). The Hall–Kier alpha value is -2.77. The van der Waals surface area contributed by atoms with Crippen LogP contribution in [0, 0.1) is 5.92 Å². The molecule has 182 valence electrons. The van der Waals surface area contributed by atoms with Crippen molar-refractivity contribution < 1.29 is 23.8 Å². The molecule has 0 bridgehead atoms. The van der Waals surface area contributed by atoms with E-state index in [4.69, 9.17) is 25.8 Å². The van der Waals surface area contributed by atoms with Crippen LogP contribution in [0.3, 0.4) is 0 Å². The van der Waals surface area contributed by atoms with Gasteiger partial charge in [-0.25, -0.2) is 0 Å². The molecule has 1 aliphatic heterocycles. The van der Waals surface area contributed by atoms with Gasteiger partial charge in [-0.05, 0) is 49.4 Å². The van der Waals surface area contributed by atoms with Crippen molar-refractivity contribution in [3.63, 3.8) is 0 Å². The van der Waals surface area contributed by atoms with E-state index < -0.39 is 6.04 Å². The van der Waals surface area contributed by atoms with Gasteiger partial charge in [-0.3, -0.25) is 9.59 Å². The Balaban J connectivity index is 1.61. The number of anilines is 1. The van der Waals surface area contributed by atoms with Gasteiger partial charge >= 0.3 is 0 Å². The molecule has 2 fully saturated rings. The van der Waals surface area contributed by atoms with E-state index in [1.54, 1.807) is 49.5 Å². The first-order valence-electron chi connectivity index (χ1n) is 11.7. The summed E-state index contributed by atoms with van der Waals surface area (Å²) >= 11 is 6.35. The van der Waals surface area contributed by atoms with Gasteiger partial charge in [-0.1, -0.05) is 42.6 Å². The second-order valence-electron chi connectivity index (χ2n) is 8.72. The molecule has 0 radical (unpaired) electrons. The van der Waals surface area contributed by atoms with Crippen molar-refractivity contribution in [2.45, 2.75) is 44.2 Å². The Kier molecular flexibility index (Phi) is 7.95. The number of nitrogens with one attached hydrogen (secondary N) is 1. The largest absolute Gasteiger partial charge is 0.496 e. The van der Waals surface area contributed by atoms with Crippen LogP contribution in [0.1, 0.15) is 42.5 Å². The summed E-state index contributed by atoms with van der Waals surface area (Å²) in [4.78, 5) is 29.1. The van der Waals surface area contributed by atoms with E-state index in [0.29, 0.717) is 53.3 Å². The molecule has 0 spiro atoms. The third-order valence-electron chi connectivity index (χ3n) is 6.72. The van der Waals surface area contributed by atoms with E-state index in [0.717, 1.165) is 25.7 Å². The van der Waals surface area contributed by atoms with Gasteiger partial charge in [0.25, 0.3) is 5.91 Å². The molecule has 1 saturated heterocycles. The fourth-order valence-corrected chi connectivity index (χ4v) is 5.37. The SMILES string of the molecule is COCCOc1c(Cl)cccc1NC(=O)C1CC2CCCCC2N1C(=O)c1ccccc1OC. The highest BCUT2D eigenvalue weighted by atomic mass is 35.5. The van der Waals surface area contributed by atoms with Gasteiger partial charge in [0.1, 0.15) is 18.4 Å². The molecular formula is C26H31ClN2O5. The first-order valence-corrected chi connectivity index (χ1v) is 12.1. The second-order valence-corrected chi connectivity index (χ2v) is 9.13. The Morgan fingerprint density at radius 1 is 1.06 bits per heavy atom. The summed E-state index contributed by atoms with van der Waals surface area (Å²) in [5.41, 5.74) is 0.952. The number of methoxy groups -OCH3 is 2. The number of amides is 2. The highest BCUT2D eigenvalue weighted by molar-refractivity contribution is 6.32. The number of fused-ring (bicyclic) bond motifs is 1. The lowest BCUT2D eigenvalue weighted by atomic mass is 9.84. The number of benzene rings is 2. The molecule has 7 nitrogen and oxygen atoms in total. The van der Waals surface area contributed by atoms with Crippen LogP contribution in [-0.4, -0.2) is 56.2 Å². The zero-order valence-corrected chi connectivity index (χ0v) is 20.3. The zero-order chi connectivity index (χ0) is 24.1. The Morgan fingerprint density at radius 3 is 2.65 bits per heavy atom. The van der Waals surface area contributed by atoms with Crippen molar-refractivity contribution in [1.29, 1.82) is 0 Å². The van der Waals surface area contributed by atoms with E-state index in [1.807, 2.05) is 12.1 Å². The minimum absolute atomic E-state index is 0.0405. The molecule has 8 heteroatoms. The highest BCUT2D eigenvalue weighted by Crippen LogP contribution is 2.42. The third kappa shape index (κ3) is 5.00. The highest BCUT2D eigenvalue weighted by Gasteiger charge is 2.48. The molecule has 34 heavy (non-hydrogen) atoms. The lowest BCUT2D eigenvalue weighted by Gasteiger charge is -2.34. The van der Waals surface area contributed by atoms with Crippen LogP contribution in [-0.2, 0) is 9.53 Å². The number of carbonyl (C=O) groups is 2. The van der Waals surface area contributed by atoms with E-state index in [-0.39, 0.29) is 17.9 Å². The van der Waals surface area contributed by atoms with Crippen LogP contribution in [0.15, 0.2) is 42.5 Å². The van der Waals surface area contributed by atoms with Gasteiger partial charge in [0.15, 0.2) is 5.75 Å². The number of para-hydroxylation sites is 2. The van der Waals surface area contributed by atoms with Crippen LogP contribution in [0.25, 0.3) is 0 Å². The molecule has 3 unspecified atom stereocenters. The number of hydrogen-bond acceptors (Lipinski definition) is 5. The summed E-state index contributed by atoms with van der Waals surface area (Å²) in [6, 6.07) is 11.8. The Bertz CT molecular complexity index is 1030. The zero-order valence-electron chi connectivity index (χ0n) is 19.6. The number of ether oxygens (including phenoxy) is 3. The summed E-state index contributed by atoms with van der Waals surface area (Å²) in [5, 5.41) is 3.38. The van der Waals surface area contributed by atoms with E-state index >= 15 is 0 Å². The lowest BCUT2D eigenvalue weighted by Crippen LogP contribution is -2.48. The van der Waals surface area contributed by atoms with Crippen molar-refractivity contribution in [2.75, 3.05) is 32.8 Å². The summed E-state index contributed by atoms with van der Waals surface area (Å²) in [5.74, 6) is 0.799. The molecule has 1 heterocycles. The maximum absolute atomic E-state index is 13.8. The summed E-state index contributed by atoms with van der Waals surface area (Å²) < 4.78 is 16.3. The normalized spacial score (nSPS) is 21.6. The van der Waals surface area contributed by atoms with Crippen LogP contribution in [0.5, 0.6) is 11.5 Å². The average Bonchev–Trinajstić information content (AvgIpc) is 3.25. The van der Waals surface area contributed by atoms with Gasteiger partial charge in [-0.2, -0.15) is 0 Å². The summed E-state index contributed by atoms with van der Waals surface area (Å²) in [6.45, 7) is 0.695. The van der Waals surface area contributed by atoms with Crippen molar-refractivity contribution >= 4 is 29.1 Å². The molecular weight excluding hydrogens is 456 g/mol. The van der Waals surface area contributed by atoms with Gasteiger partial charge in [0.05, 0.1) is 30.0 Å². The monoisotopic (exact) mass is 486 g/mol. The van der Waals surface area contributed by atoms with Crippen molar-refractivity contribution in [3.05, 3.63) is 53.1 Å². The van der Waals surface area contributed by atoms with Gasteiger partial charge in [0.2, 0.25) is 5.91 Å². The molecule has 1 N–H and O–H groups in total. The van der Waals surface area contributed by atoms with Crippen molar-refractivity contribution in [2.24, 2.45) is 5.92 Å². The molecule has 1 saturated carbocycles. The molecule has 2 aromatic rings. The van der Waals surface area contributed by atoms with Crippen LogP contribution < -0.4 is 14.8 Å².